The van der Waals surface area contributed by atoms with Crippen LogP contribution in [0.2, 0.25) is 0 Å². The minimum absolute atomic E-state index is 0.247. The highest BCUT2D eigenvalue weighted by molar-refractivity contribution is 6.03. The van der Waals surface area contributed by atoms with Crippen LogP contribution >= 0.6 is 0 Å². The van der Waals surface area contributed by atoms with Gasteiger partial charge in [-0.15, -0.1) is 0 Å². The van der Waals surface area contributed by atoms with Gasteiger partial charge in [-0.25, -0.2) is 4.79 Å². The quantitative estimate of drug-likeness (QED) is 0.243. The number of nitrogens with zero attached hydrogens (tertiary/aromatic N) is 1. The van der Waals surface area contributed by atoms with E-state index in [1.807, 2.05) is 54.7 Å². The Kier molecular flexibility index (Phi) is 6.23. The van der Waals surface area contributed by atoms with Crippen LogP contribution in [0.4, 0.5) is 0 Å². The van der Waals surface area contributed by atoms with Gasteiger partial charge in [-0.1, -0.05) is 61.5 Å². The van der Waals surface area contributed by atoms with Crippen molar-refractivity contribution < 1.29 is 14.6 Å². The number of hydrogen-bond donors (Lipinski definition) is 2. The molecule has 0 unspecified atom stereocenters. The van der Waals surface area contributed by atoms with Crippen LogP contribution in [0.5, 0.6) is 5.75 Å². The maximum Gasteiger partial charge on any atom is 0.352 e. The Balaban J connectivity index is 1.45. The van der Waals surface area contributed by atoms with Gasteiger partial charge in [0.1, 0.15) is 11.4 Å². The lowest BCUT2D eigenvalue weighted by molar-refractivity contribution is 0.0690. The number of aryl methyl sites for hydroxylation is 3. The number of H-pyrrole nitrogens is 1. The fourth-order valence-corrected chi connectivity index (χ4v) is 4.93. The van der Waals surface area contributed by atoms with Gasteiger partial charge >= 0.3 is 5.97 Å². The topological polar surface area (TPSA) is 75.2 Å². The first-order valence-electron chi connectivity index (χ1n) is 12.0. The summed E-state index contributed by atoms with van der Waals surface area (Å²) in [5.41, 5.74) is 6.11. The van der Waals surface area contributed by atoms with E-state index >= 15 is 0 Å². The molecule has 35 heavy (non-hydrogen) atoms. The third-order valence-electron chi connectivity index (χ3n) is 6.58. The zero-order valence-corrected chi connectivity index (χ0v) is 20.0. The van der Waals surface area contributed by atoms with Gasteiger partial charge in [0.2, 0.25) is 0 Å². The number of hydrogen-bond acceptors (Lipinski definition) is 3. The summed E-state index contributed by atoms with van der Waals surface area (Å²) in [7, 11) is 0. The summed E-state index contributed by atoms with van der Waals surface area (Å²) in [4.78, 5) is 19.9. The minimum atomic E-state index is -0.948. The molecule has 0 radical (unpaired) electrons. The molecule has 3 aromatic carbocycles. The molecule has 0 bridgehead atoms. The molecule has 0 spiro atoms. The van der Waals surface area contributed by atoms with Crippen LogP contribution in [-0.4, -0.2) is 27.7 Å². The summed E-state index contributed by atoms with van der Waals surface area (Å²) in [5.74, 6) is -0.0994. The Morgan fingerprint density at radius 3 is 2.60 bits per heavy atom. The predicted molar refractivity (Wildman–Crippen MR) is 140 cm³/mol. The predicted octanol–water partition coefficient (Wildman–Crippen LogP) is 6.96. The summed E-state index contributed by atoms with van der Waals surface area (Å²) in [6.07, 6.45) is 3.93. The monoisotopic (exact) mass is 464 g/mol. The highest BCUT2D eigenvalue weighted by atomic mass is 16.5. The van der Waals surface area contributed by atoms with E-state index in [-0.39, 0.29) is 5.69 Å². The number of carboxylic acid groups (broad SMARTS) is 1. The molecular formula is C30H28N2O3. The molecule has 0 fully saturated rings. The van der Waals surface area contributed by atoms with E-state index in [0.717, 1.165) is 61.8 Å². The van der Waals surface area contributed by atoms with Gasteiger partial charge in [0.05, 0.1) is 12.1 Å². The zero-order valence-electron chi connectivity index (χ0n) is 20.0. The smallest absolute Gasteiger partial charge is 0.352 e. The lowest BCUT2D eigenvalue weighted by Gasteiger charge is -2.12. The van der Waals surface area contributed by atoms with Crippen LogP contribution in [0, 0.1) is 6.92 Å². The Hall–Kier alpha value is -4.12. The molecule has 2 aromatic heterocycles. The van der Waals surface area contributed by atoms with E-state index in [9.17, 15) is 9.90 Å². The van der Waals surface area contributed by atoms with E-state index in [2.05, 4.69) is 42.0 Å². The number of pyridine rings is 1. The number of aromatic amines is 1. The number of rotatable bonds is 8. The molecule has 0 amide bonds. The second kappa shape index (κ2) is 9.63. The molecule has 2 N–H and O–H groups in total. The maximum atomic E-state index is 12.2. The lowest BCUT2D eigenvalue weighted by atomic mass is 9.95. The number of nitrogens with one attached hydrogen (secondary N) is 1. The fourth-order valence-electron chi connectivity index (χ4n) is 4.93. The third-order valence-corrected chi connectivity index (χ3v) is 6.58. The summed E-state index contributed by atoms with van der Waals surface area (Å²) in [6, 6.07) is 22.2. The number of carbonyl (C=O) groups is 1. The summed E-state index contributed by atoms with van der Waals surface area (Å²) in [6.45, 7) is 4.66. The van der Waals surface area contributed by atoms with Crippen molar-refractivity contribution in [2.75, 3.05) is 6.61 Å². The van der Waals surface area contributed by atoms with Crippen molar-refractivity contribution in [1.29, 1.82) is 0 Å². The number of fused-ring (bicyclic) bond motifs is 2. The van der Waals surface area contributed by atoms with Gasteiger partial charge in [0.15, 0.2) is 0 Å². The highest BCUT2D eigenvalue weighted by Gasteiger charge is 2.20. The van der Waals surface area contributed by atoms with Crippen molar-refractivity contribution in [3.05, 3.63) is 95.4 Å². The van der Waals surface area contributed by atoms with Gasteiger partial charge in [0.25, 0.3) is 0 Å². The van der Waals surface area contributed by atoms with Crippen molar-refractivity contribution in [1.82, 2.24) is 9.97 Å². The Morgan fingerprint density at radius 2 is 1.77 bits per heavy atom. The average molecular weight is 465 g/mol. The molecule has 0 aliphatic rings. The van der Waals surface area contributed by atoms with E-state index in [1.54, 1.807) is 0 Å². The van der Waals surface area contributed by atoms with Gasteiger partial charge in [0, 0.05) is 33.8 Å². The van der Waals surface area contributed by atoms with Crippen molar-refractivity contribution in [3.63, 3.8) is 0 Å². The Morgan fingerprint density at radius 1 is 1.00 bits per heavy atom. The molecule has 0 saturated heterocycles. The molecule has 5 rings (SSSR count). The fraction of sp³-hybridized carbons (Fsp3) is 0.200. The summed E-state index contributed by atoms with van der Waals surface area (Å²) in [5, 5.41) is 13.1. The Bertz CT molecular complexity index is 1530. The van der Waals surface area contributed by atoms with Gasteiger partial charge in [-0.3, -0.25) is 4.98 Å². The molecular weight excluding hydrogens is 436 g/mol. The first kappa shape index (κ1) is 22.7. The first-order chi connectivity index (χ1) is 17.1. The minimum Gasteiger partial charge on any atom is -0.493 e. The lowest BCUT2D eigenvalue weighted by Crippen LogP contribution is -2.04. The number of benzene rings is 3. The number of ether oxygens (including phenoxy) is 1. The van der Waals surface area contributed by atoms with Gasteiger partial charge in [-0.2, -0.15) is 0 Å². The molecule has 0 aliphatic carbocycles. The molecule has 0 saturated carbocycles. The number of para-hydroxylation sites is 1. The van der Waals surface area contributed by atoms with Crippen LogP contribution in [-0.2, 0) is 12.8 Å². The van der Waals surface area contributed by atoms with Crippen molar-refractivity contribution in [3.8, 4) is 16.9 Å². The van der Waals surface area contributed by atoms with E-state index < -0.39 is 5.97 Å². The van der Waals surface area contributed by atoms with Crippen molar-refractivity contribution >= 4 is 27.6 Å². The molecule has 2 heterocycles. The van der Waals surface area contributed by atoms with Crippen LogP contribution in [0.1, 0.15) is 40.7 Å². The number of carboxylic acids is 1. The van der Waals surface area contributed by atoms with Crippen LogP contribution in [0.3, 0.4) is 0 Å². The van der Waals surface area contributed by atoms with Crippen LogP contribution < -0.4 is 4.74 Å². The second-order valence-electron chi connectivity index (χ2n) is 8.74. The summed E-state index contributed by atoms with van der Waals surface area (Å²) >= 11 is 0. The summed E-state index contributed by atoms with van der Waals surface area (Å²) < 4.78 is 6.10. The zero-order chi connectivity index (χ0) is 24.4. The molecule has 5 nitrogen and oxygen atoms in total. The molecule has 5 heteroatoms. The van der Waals surface area contributed by atoms with Crippen LogP contribution in [0.15, 0.2) is 72.9 Å². The van der Waals surface area contributed by atoms with Crippen LogP contribution in [0.25, 0.3) is 32.8 Å². The number of aromatic carboxylic acids is 1. The van der Waals surface area contributed by atoms with E-state index in [0.29, 0.717) is 19.4 Å². The van der Waals surface area contributed by atoms with E-state index in [4.69, 9.17) is 4.74 Å². The highest BCUT2D eigenvalue weighted by Crippen LogP contribution is 2.35. The Labute approximate surface area is 204 Å². The normalized spacial score (nSPS) is 11.3. The second-order valence-corrected chi connectivity index (χ2v) is 8.74. The van der Waals surface area contributed by atoms with Crippen molar-refractivity contribution in [2.45, 2.75) is 33.1 Å². The molecule has 5 aromatic rings. The molecule has 176 valence electrons. The largest absolute Gasteiger partial charge is 0.493 e. The molecule has 0 aliphatic heterocycles. The molecule has 0 atom stereocenters. The standard InChI is InChI=1S/C30H28N2O3/c1-3-25-27(19(2)16-17-31-25)24-13-7-12-22-23(29(30(33)34)32-28(22)24)14-8-18-35-26-15-6-10-20-9-4-5-11-21(20)26/h4-7,9-13,15-17,32H,3,8,14,18H2,1-2H3,(H,33,34). The van der Waals surface area contributed by atoms with Gasteiger partial charge < -0.3 is 14.8 Å². The SMILES string of the molecule is CCc1nccc(C)c1-c1cccc2c(CCCOc3cccc4ccccc34)c(C(=O)O)[nH]c12. The number of aromatic nitrogens is 2. The third kappa shape index (κ3) is 4.26. The van der Waals surface area contributed by atoms with Crippen molar-refractivity contribution in [2.24, 2.45) is 0 Å². The average Bonchev–Trinajstić information content (AvgIpc) is 3.26. The maximum absolute atomic E-state index is 12.2. The first-order valence-corrected chi connectivity index (χ1v) is 12.0. The van der Waals surface area contributed by atoms with E-state index in [1.165, 1.54) is 0 Å². The van der Waals surface area contributed by atoms with Gasteiger partial charge in [-0.05, 0) is 54.8 Å².